The van der Waals surface area contributed by atoms with Crippen LogP contribution in [0.1, 0.15) is 31.5 Å². The number of aliphatic carboxylic acids is 1. The van der Waals surface area contributed by atoms with E-state index >= 15 is 0 Å². The maximum absolute atomic E-state index is 13.2. The molecule has 1 aromatic carbocycles. The molecule has 2 aromatic rings. The molecule has 19 heteroatoms. The van der Waals surface area contributed by atoms with E-state index in [1.807, 2.05) is 0 Å². The fourth-order valence-electron chi connectivity index (χ4n) is 3.72. The number of nitrogen functional groups attached to an aromatic ring is 1. The van der Waals surface area contributed by atoms with Gasteiger partial charge in [0.05, 0.1) is 18.0 Å². The average Bonchev–Trinajstić information content (AvgIpc) is 3.35. The van der Waals surface area contributed by atoms with Crippen molar-refractivity contribution in [3.63, 3.8) is 0 Å². The number of carboxylic acids is 1. The van der Waals surface area contributed by atoms with E-state index in [4.69, 9.17) is 31.3 Å². The van der Waals surface area contributed by atoms with E-state index in [0.29, 0.717) is 23.7 Å². The number of benzene rings is 1. The van der Waals surface area contributed by atoms with Gasteiger partial charge in [0.2, 0.25) is 0 Å². The Morgan fingerprint density at radius 2 is 1.93 bits per heavy atom. The molecule has 1 aliphatic heterocycles. The lowest BCUT2D eigenvalue weighted by Crippen LogP contribution is -2.68. The average molecular weight is 628 g/mol. The number of carbonyl (C=O) groups excluding carboxylic acids is 2. The van der Waals surface area contributed by atoms with Crippen molar-refractivity contribution in [1.82, 2.24) is 10.0 Å². The third kappa shape index (κ3) is 7.97. The summed E-state index contributed by atoms with van der Waals surface area (Å²) in [6.45, 7) is 3.02. The van der Waals surface area contributed by atoms with E-state index in [0.717, 1.165) is 11.3 Å². The SMILES string of the molecule is CC1(C)C(CC(=O)/C(=N\O[C@@H](COc2ccc(C(N)=NCCN)cc2)C(=O)O)c2csc(N)n2)C(=O)N1OS(=O)(=O)O. The summed E-state index contributed by atoms with van der Waals surface area (Å²) in [5.41, 5.74) is 15.8. The number of carboxylic acid groups (broad SMARTS) is 1. The summed E-state index contributed by atoms with van der Waals surface area (Å²) in [4.78, 5) is 50.8. The van der Waals surface area contributed by atoms with Crippen molar-refractivity contribution >= 4 is 56.1 Å². The highest BCUT2D eigenvalue weighted by atomic mass is 32.3. The Kier molecular flexibility index (Phi) is 10.2. The second kappa shape index (κ2) is 13.2. The summed E-state index contributed by atoms with van der Waals surface area (Å²) < 4.78 is 40.8. The molecule has 1 aliphatic rings. The number of nitrogens with zero attached hydrogens (tertiary/aromatic N) is 4. The summed E-state index contributed by atoms with van der Waals surface area (Å²) in [6, 6.07) is 6.33. The lowest BCUT2D eigenvalue weighted by molar-refractivity contribution is -0.228. The van der Waals surface area contributed by atoms with Gasteiger partial charge in [-0.3, -0.25) is 19.1 Å². The number of ether oxygens (including phenoxy) is 1. The molecular weight excluding hydrogens is 598 g/mol. The molecule has 3 rings (SSSR count). The maximum atomic E-state index is 13.2. The van der Waals surface area contributed by atoms with Crippen molar-refractivity contribution < 1.29 is 46.3 Å². The number of hydrogen-bond acceptors (Lipinski definition) is 14. The van der Waals surface area contributed by atoms with Crippen LogP contribution in [0.2, 0.25) is 0 Å². The first-order chi connectivity index (χ1) is 19.6. The molecule has 1 amide bonds. The number of aliphatic imine (C=N–C) groups is 1. The molecule has 2 heterocycles. The molecule has 1 aromatic heterocycles. The number of β-lactam (4-membered cyclic amide) rings is 1. The Hall–Kier alpha value is -4.17. The highest BCUT2D eigenvalue weighted by Crippen LogP contribution is 2.40. The number of rotatable bonds is 15. The van der Waals surface area contributed by atoms with Gasteiger partial charge in [-0.2, -0.15) is 13.5 Å². The standard InChI is InChI=1S/C23H29N7O10S2/c1-23(2)14(20(32)30(23)40-42(35,36)37)9-16(31)18(15-11-41-22(26)28-15)29-39-17(21(33)34)10-38-13-5-3-12(4-6-13)19(25)27-8-7-24/h3-6,11,14,17H,7-10,24H2,1-2H3,(H2,25,27)(H2,26,28)(H,33,34)(H,35,36,37)/b29-18-/t14?,17-/m0/s1. The molecule has 0 spiro atoms. The van der Waals surface area contributed by atoms with Gasteiger partial charge in [-0.15, -0.1) is 15.6 Å². The fraction of sp³-hybridized carbons (Fsp3) is 0.391. The Labute approximate surface area is 243 Å². The van der Waals surface area contributed by atoms with Crippen LogP contribution in [0.3, 0.4) is 0 Å². The van der Waals surface area contributed by atoms with Crippen molar-refractivity contribution in [3.05, 3.63) is 40.9 Å². The van der Waals surface area contributed by atoms with Crippen molar-refractivity contribution in [3.8, 4) is 5.75 Å². The van der Waals surface area contributed by atoms with Crippen LogP contribution < -0.4 is 21.9 Å². The van der Waals surface area contributed by atoms with Gasteiger partial charge in [0.25, 0.3) is 12.0 Å². The minimum absolute atomic E-state index is 0.0346. The Morgan fingerprint density at radius 3 is 2.45 bits per heavy atom. The maximum Gasteiger partial charge on any atom is 0.418 e. The zero-order valence-electron chi connectivity index (χ0n) is 22.4. The largest absolute Gasteiger partial charge is 0.489 e. The molecule has 8 N–H and O–H groups in total. The molecule has 2 atom stereocenters. The molecule has 1 fully saturated rings. The van der Waals surface area contributed by atoms with E-state index in [9.17, 15) is 27.9 Å². The normalized spacial score (nSPS) is 17.9. The number of nitrogens with two attached hydrogens (primary N) is 3. The van der Waals surface area contributed by atoms with Gasteiger partial charge in [-0.1, -0.05) is 5.16 Å². The Morgan fingerprint density at radius 1 is 1.26 bits per heavy atom. The number of Topliss-reactive ketones (excluding diaryl/α,β-unsaturated/α-hetero) is 1. The highest BCUT2D eigenvalue weighted by Gasteiger charge is 2.57. The monoisotopic (exact) mass is 627 g/mol. The topological polar surface area (TPSA) is 272 Å². The summed E-state index contributed by atoms with van der Waals surface area (Å²) in [5.74, 6) is -3.64. The molecule has 0 bridgehead atoms. The van der Waals surface area contributed by atoms with E-state index < -0.39 is 64.4 Å². The first-order valence-electron chi connectivity index (χ1n) is 12.1. The zero-order chi connectivity index (χ0) is 31.2. The molecule has 1 saturated heterocycles. The van der Waals surface area contributed by atoms with Crippen LogP contribution in [-0.2, 0) is 33.9 Å². The molecule has 1 unspecified atom stereocenters. The highest BCUT2D eigenvalue weighted by molar-refractivity contribution is 7.80. The van der Waals surface area contributed by atoms with Crippen LogP contribution in [0.5, 0.6) is 5.75 Å². The number of hydrogen-bond donors (Lipinski definition) is 5. The molecular formula is C23H29N7O10S2. The number of amidine groups is 1. The van der Waals surface area contributed by atoms with Crippen molar-refractivity contribution in [2.24, 2.45) is 27.5 Å². The minimum Gasteiger partial charge on any atom is -0.489 e. The number of ketones is 1. The van der Waals surface area contributed by atoms with Gasteiger partial charge in [-0.05, 0) is 38.1 Å². The lowest BCUT2D eigenvalue weighted by atomic mass is 9.74. The molecule has 0 saturated carbocycles. The van der Waals surface area contributed by atoms with E-state index in [1.165, 1.54) is 19.2 Å². The van der Waals surface area contributed by atoms with Gasteiger partial charge in [-0.25, -0.2) is 9.78 Å². The number of aromatic nitrogens is 1. The number of amides is 1. The Bertz CT molecular complexity index is 1490. The van der Waals surface area contributed by atoms with Gasteiger partial charge in [0.1, 0.15) is 23.9 Å². The second-order valence-corrected chi connectivity index (χ2v) is 11.2. The number of oxime groups is 1. The zero-order valence-corrected chi connectivity index (χ0v) is 24.0. The fourth-order valence-corrected chi connectivity index (χ4v) is 4.72. The van der Waals surface area contributed by atoms with Crippen LogP contribution in [-0.4, -0.2) is 88.7 Å². The lowest BCUT2D eigenvalue weighted by Gasteiger charge is -2.50. The van der Waals surface area contributed by atoms with Crippen LogP contribution in [0.25, 0.3) is 0 Å². The molecule has 0 aliphatic carbocycles. The summed E-state index contributed by atoms with van der Waals surface area (Å²) in [7, 11) is -4.99. The predicted octanol–water partition coefficient (Wildman–Crippen LogP) is -0.427. The number of anilines is 1. The van der Waals surface area contributed by atoms with Crippen LogP contribution >= 0.6 is 11.3 Å². The quantitative estimate of drug-likeness (QED) is 0.0551. The van der Waals surface area contributed by atoms with Crippen molar-refractivity contribution in [1.29, 1.82) is 0 Å². The smallest absolute Gasteiger partial charge is 0.418 e. The third-order valence-electron chi connectivity index (χ3n) is 5.97. The van der Waals surface area contributed by atoms with Crippen molar-refractivity contribution in [2.75, 3.05) is 25.4 Å². The molecule has 17 nitrogen and oxygen atoms in total. The first kappa shape index (κ1) is 32.3. The second-order valence-electron chi connectivity index (χ2n) is 9.30. The van der Waals surface area contributed by atoms with Gasteiger partial charge >= 0.3 is 16.4 Å². The summed E-state index contributed by atoms with van der Waals surface area (Å²) in [5, 5.41) is 15.2. The van der Waals surface area contributed by atoms with E-state index in [1.54, 1.807) is 24.3 Å². The number of hydroxylamine groups is 2. The Balaban J connectivity index is 1.74. The molecule has 42 heavy (non-hydrogen) atoms. The molecule has 0 radical (unpaired) electrons. The number of carbonyl (C=O) groups is 3. The summed E-state index contributed by atoms with van der Waals surface area (Å²) >= 11 is 0.975. The summed E-state index contributed by atoms with van der Waals surface area (Å²) in [6.07, 6.45) is -2.17. The van der Waals surface area contributed by atoms with Gasteiger partial charge in [0.15, 0.2) is 16.6 Å². The van der Waals surface area contributed by atoms with E-state index in [-0.39, 0.29) is 22.4 Å². The molecule has 228 valence electrons. The van der Waals surface area contributed by atoms with Crippen LogP contribution in [0.4, 0.5) is 5.13 Å². The first-order valence-corrected chi connectivity index (χ1v) is 14.3. The third-order valence-corrected chi connectivity index (χ3v) is 6.98. The number of thiazole rings is 1. The minimum atomic E-state index is -4.99. The van der Waals surface area contributed by atoms with Gasteiger partial charge in [0, 0.05) is 23.9 Å². The van der Waals surface area contributed by atoms with Crippen LogP contribution in [0.15, 0.2) is 39.8 Å². The predicted molar refractivity (Wildman–Crippen MR) is 149 cm³/mol. The van der Waals surface area contributed by atoms with Crippen LogP contribution in [0, 0.1) is 5.92 Å². The van der Waals surface area contributed by atoms with Crippen molar-refractivity contribution in [2.45, 2.75) is 31.9 Å². The van der Waals surface area contributed by atoms with Gasteiger partial charge < -0.3 is 31.9 Å². The van der Waals surface area contributed by atoms with E-state index in [2.05, 4.69) is 19.4 Å².